The lowest BCUT2D eigenvalue weighted by atomic mass is 9.87. The number of benzene rings is 1. The van der Waals surface area contributed by atoms with Gasteiger partial charge in [-0.25, -0.2) is 0 Å². The standard InChI is InChI=1S/C19H27NO2/c1-12(2)17-8-13-6-7-15(11-18(13)22-17)21-16-9-14(10-16)20-19(3,4)5/h6-8,11-12,14,16,20H,9-10H2,1-5H3/t14-,16-. The molecule has 0 atom stereocenters. The highest BCUT2D eigenvalue weighted by molar-refractivity contribution is 5.79. The first-order valence-corrected chi connectivity index (χ1v) is 8.28. The zero-order valence-corrected chi connectivity index (χ0v) is 14.3. The Morgan fingerprint density at radius 1 is 1.18 bits per heavy atom. The van der Waals surface area contributed by atoms with E-state index in [-0.39, 0.29) is 5.54 Å². The van der Waals surface area contributed by atoms with Gasteiger partial charge in [0.25, 0.3) is 0 Å². The summed E-state index contributed by atoms with van der Waals surface area (Å²) in [4.78, 5) is 0. The fraction of sp³-hybridized carbons (Fsp3) is 0.579. The molecule has 0 saturated heterocycles. The maximum Gasteiger partial charge on any atom is 0.137 e. The number of hydrogen-bond donors (Lipinski definition) is 1. The molecule has 0 bridgehead atoms. The number of ether oxygens (including phenoxy) is 1. The van der Waals surface area contributed by atoms with Crippen molar-refractivity contribution >= 4 is 11.0 Å². The summed E-state index contributed by atoms with van der Waals surface area (Å²) >= 11 is 0. The van der Waals surface area contributed by atoms with Crippen molar-refractivity contribution in [2.45, 2.75) is 71.1 Å². The first-order valence-electron chi connectivity index (χ1n) is 8.28. The van der Waals surface area contributed by atoms with Gasteiger partial charge >= 0.3 is 0 Å². The first-order chi connectivity index (χ1) is 10.3. The zero-order chi connectivity index (χ0) is 15.9. The summed E-state index contributed by atoms with van der Waals surface area (Å²) in [5.41, 5.74) is 1.10. The van der Waals surface area contributed by atoms with Crippen molar-refractivity contribution in [3.63, 3.8) is 0 Å². The summed E-state index contributed by atoms with van der Waals surface area (Å²) in [5, 5.41) is 4.77. The molecule has 1 fully saturated rings. The van der Waals surface area contributed by atoms with Gasteiger partial charge in [0.1, 0.15) is 23.2 Å². The van der Waals surface area contributed by atoms with Gasteiger partial charge in [-0.05, 0) is 51.8 Å². The van der Waals surface area contributed by atoms with Gasteiger partial charge in [0.15, 0.2) is 0 Å². The zero-order valence-electron chi connectivity index (χ0n) is 14.3. The molecule has 1 N–H and O–H groups in total. The largest absolute Gasteiger partial charge is 0.490 e. The molecule has 0 unspecified atom stereocenters. The van der Waals surface area contributed by atoms with Crippen LogP contribution in [0.3, 0.4) is 0 Å². The molecule has 1 aliphatic rings. The fourth-order valence-corrected chi connectivity index (χ4v) is 2.97. The van der Waals surface area contributed by atoms with E-state index >= 15 is 0 Å². The summed E-state index contributed by atoms with van der Waals surface area (Å²) in [7, 11) is 0. The lowest BCUT2D eigenvalue weighted by Crippen LogP contribution is -2.53. The number of hydrogen-bond acceptors (Lipinski definition) is 3. The molecule has 1 aromatic heterocycles. The Bertz CT molecular complexity index is 645. The third-order valence-corrected chi connectivity index (χ3v) is 4.11. The summed E-state index contributed by atoms with van der Waals surface area (Å²) in [6.07, 6.45) is 2.46. The normalized spacial score (nSPS) is 22.1. The Morgan fingerprint density at radius 2 is 1.91 bits per heavy atom. The van der Waals surface area contributed by atoms with Crippen LogP contribution in [0.5, 0.6) is 5.75 Å². The van der Waals surface area contributed by atoms with Gasteiger partial charge in [-0.15, -0.1) is 0 Å². The van der Waals surface area contributed by atoms with E-state index in [1.807, 2.05) is 12.1 Å². The van der Waals surface area contributed by atoms with Crippen LogP contribution in [0.1, 0.15) is 59.1 Å². The molecule has 3 rings (SSSR count). The van der Waals surface area contributed by atoms with E-state index in [0.717, 1.165) is 35.3 Å². The van der Waals surface area contributed by atoms with Gasteiger partial charge in [-0.2, -0.15) is 0 Å². The maximum atomic E-state index is 6.07. The van der Waals surface area contributed by atoms with Crippen molar-refractivity contribution in [2.75, 3.05) is 0 Å². The van der Waals surface area contributed by atoms with Crippen LogP contribution in [0.25, 0.3) is 11.0 Å². The minimum atomic E-state index is 0.177. The van der Waals surface area contributed by atoms with Crippen molar-refractivity contribution in [1.82, 2.24) is 5.32 Å². The SMILES string of the molecule is CC(C)c1cc2ccc(O[C@H]3C[C@H](NC(C)(C)C)C3)cc2o1. The van der Waals surface area contributed by atoms with E-state index in [9.17, 15) is 0 Å². The lowest BCUT2D eigenvalue weighted by Gasteiger charge is -2.40. The van der Waals surface area contributed by atoms with Crippen LogP contribution < -0.4 is 10.1 Å². The summed E-state index contributed by atoms with van der Waals surface area (Å²) in [5.74, 6) is 2.36. The maximum absolute atomic E-state index is 6.07. The monoisotopic (exact) mass is 301 g/mol. The van der Waals surface area contributed by atoms with Crippen LogP contribution >= 0.6 is 0 Å². The number of nitrogens with one attached hydrogen (secondary N) is 1. The van der Waals surface area contributed by atoms with E-state index in [1.54, 1.807) is 0 Å². The molecule has 0 radical (unpaired) electrons. The quantitative estimate of drug-likeness (QED) is 0.876. The van der Waals surface area contributed by atoms with Crippen LogP contribution in [0.4, 0.5) is 0 Å². The van der Waals surface area contributed by atoms with E-state index in [2.05, 4.69) is 52.1 Å². The number of rotatable bonds is 4. The molecule has 1 heterocycles. The molecule has 0 aliphatic heterocycles. The Balaban J connectivity index is 1.61. The van der Waals surface area contributed by atoms with Crippen LogP contribution in [-0.2, 0) is 0 Å². The van der Waals surface area contributed by atoms with Gasteiger partial charge in [-0.1, -0.05) is 13.8 Å². The molecular weight excluding hydrogens is 274 g/mol. The molecule has 1 saturated carbocycles. The van der Waals surface area contributed by atoms with E-state index in [1.165, 1.54) is 0 Å². The van der Waals surface area contributed by atoms with Crippen molar-refractivity contribution in [1.29, 1.82) is 0 Å². The summed E-state index contributed by atoms with van der Waals surface area (Å²) < 4.78 is 12.0. The van der Waals surface area contributed by atoms with Gasteiger partial charge in [-0.3, -0.25) is 0 Å². The molecule has 0 amide bonds. The topological polar surface area (TPSA) is 34.4 Å². The van der Waals surface area contributed by atoms with Gasteiger partial charge in [0.05, 0.1) is 0 Å². The van der Waals surface area contributed by atoms with Crippen molar-refractivity contribution in [2.24, 2.45) is 0 Å². The molecule has 3 heteroatoms. The molecule has 2 aromatic rings. The predicted octanol–water partition coefficient (Wildman–Crippen LogP) is 4.85. The second-order valence-corrected chi connectivity index (χ2v) is 7.81. The molecule has 120 valence electrons. The van der Waals surface area contributed by atoms with E-state index in [4.69, 9.17) is 9.15 Å². The third kappa shape index (κ3) is 3.46. The summed E-state index contributed by atoms with van der Waals surface area (Å²) in [6.45, 7) is 10.9. The van der Waals surface area contributed by atoms with E-state index in [0.29, 0.717) is 18.1 Å². The highest BCUT2D eigenvalue weighted by atomic mass is 16.5. The average Bonchev–Trinajstić information content (AvgIpc) is 2.78. The predicted molar refractivity (Wildman–Crippen MR) is 90.6 cm³/mol. The van der Waals surface area contributed by atoms with Crippen LogP contribution in [0.2, 0.25) is 0 Å². The molecule has 1 aromatic carbocycles. The molecular formula is C19H27NO2. The van der Waals surface area contributed by atoms with Crippen LogP contribution in [-0.4, -0.2) is 17.7 Å². The molecule has 22 heavy (non-hydrogen) atoms. The molecule has 0 spiro atoms. The minimum absolute atomic E-state index is 0.177. The number of fused-ring (bicyclic) bond motifs is 1. The second-order valence-electron chi connectivity index (χ2n) is 7.81. The minimum Gasteiger partial charge on any atom is -0.490 e. The van der Waals surface area contributed by atoms with Gasteiger partial charge in [0, 0.05) is 29.0 Å². The Labute approximate surface area is 133 Å². The van der Waals surface area contributed by atoms with Gasteiger partial charge < -0.3 is 14.5 Å². The third-order valence-electron chi connectivity index (χ3n) is 4.11. The highest BCUT2D eigenvalue weighted by Gasteiger charge is 2.33. The van der Waals surface area contributed by atoms with Crippen molar-refractivity contribution in [3.05, 3.63) is 30.0 Å². The fourth-order valence-electron chi connectivity index (χ4n) is 2.97. The number of furan rings is 1. The average molecular weight is 301 g/mol. The second kappa shape index (κ2) is 5.62. The van der Waals surface area contributed by atoms with Crippen LogP contribution in [0, 0.1) is 0 Å². The highest BCUT2D eigenvalue weighted by Crippen LogP contribution is 2.31. The van der Waals surface area contributed by atoms with Crippen molar-refractivity contribution in [3.8, 4) is 5.75 Å². The molecule has 1 aliphatic carbocycles. The Kier molecular flexibility index (Phi) is 3.94. The smallest absolute Gasteiger partial charge is 0.137 e. The van der Waals surface area contributed by atoms with Crippen molar-refractivity contribution < 1.29 is 9.15 Å². The molecule has 3 nitrogen and oxygen atoms in total. The van der Waals surface area contributed by atoms with E-state index < -0.39 is 0 Å². The Hall–Kier alpha value is -1.48. The van der Waals surface area contributed by atoms with Gasteiger partial charge in [0.2, 0.25) is 0 Å². The van der Waals surface area contributed by atoms with Crippen LogP contribution in [0.15, 0.2) is 28.7 Å². The lowest BCUT2D eigenvalue weighted by molar-refractivity contribution is 0.0735. The first kappa shape index (κ1) is 15.4. The Morgan fingerprint density at radius 3 is 2.55 bits per heavy atom. The summed E-state index contributed by atoms with van der Waals surface area (Å²) in [6, 6.07) is 8.85.